The van der Waals surface area contributed by atoms with Gasteiger partial charge in [0.1, 0.15) is 5.75 Å². The number of aryl methyl sites for hydroxylation is 1. The summed E-state index contributed by atoms with van der Waals surface area (Å²) in [6.45, 7) is 2.14. The number of methoxy groups -OCH3 is 1. The lowest BCUT2D eigenvalue weighted by atomic mass is 10.1. The third kappa shape index (κ3) is 3.80. The Kier molecular flexibility index (Phi) is 5.44. The molecule has 140 valence electrons. The Labute approximate surface area is 169 Å². The highest BCUT2D eigenvalue weighted by atomic mass is 32.2. The minimum Gasteiger partial charge on any atom is -0.497 e. The van der Waals surface area contributed by atoms with Crippen LogP contribution in [0.5, 0.6) is 5.75 Å². The van der Waals surface area contributed by atoms with E-state index in [1.165, 1.54) is 11.1 Å². The van der Waals surface area contributed by atoms with E-state index in [0.29, 0.717) is 0 Å². The normalized spacial score (nSPS) is 10.8. The standard InChI is InChI=1S/C23H21N3OS/c1-17-8-6-7-9-19(17)16-28-23-25-24-22(18-12-14-21(27-2)15-13-18)26(23)20-10-4-3-5-11-20/h3-15H,16H2,1-2H3. The van der Waals surface area contributed by atoms with Gasteiger partial charge in [-0.2, -0.15) is 0 Å². The number of para-hydroxylation sites is 1. The molecule has 0 amide bonds. The third-order valence-corrected chi connectivity index (χ3v) is 5.59. The smallest absolute Gasteiger partial charge is 0.196 e. The van der Waals surface area contributed by atoms with Crippen LogP contribution < -0.4 is 4.74 Å². The van der Waals surface area contributed by atoms with Crippen molar-refractivity contribution >= 4 is 11.8 Å². The minimum absolute atomic E-state index is 0.820. The molecule has 0 bridgehead atoms. The van der Waals surface area contributed by atoms with Crippen molar-refractivity contribution in [1.29, 1.82) is 0 Å². The zero-order chi connectivity index (χ0) is 19.3. The van der Waals surface area contributed by atoms with Gasteiger partial charge in [0.25, 0.3) is 0 Å². The summed E-state index contributed by atoms with van der Waals surface area (Å²) in [6, 6.07) is 26.6. The van der Waals surface area contributed by atoms with Crippen LogP contribution in [0.25, 0.3) is 17.1 Å². The van der Waals surface area contributed by atoms with Crippen molar-refractivity contribution in [3.63, 3.8) is 0 Å². The first-order valence-corrected chi connectivity index (χ1v) is 10.1. The molecule has 0 N–H and O–H groups in total. The number of hydrogen-bond acceptors (Lipinski definition) is 4. The van der Waals surface area contributed by atoms with Crippen LogP contribution in [0.2, 0.25) is 0 Å². The van der Waals surface area contributed by atoms with Crippen LogP contribution in [0.15, 0.2) is 84.0 Å². The predicted molar refractivity (Wildman–Crippen MR) is 114 cm³/mol. The van der Waals surface area contributed by atoms with Gasteiger partial charge in [0.2, 0.25) is 0 Å². The van der Waals surface area contributed by atoms with Crippen LogP contribution >= 0.6 is 11.8 Å². The summed E-state index contributed by atoms with van der Waals surface area (Å²) in [5.41, 5.74) is 4.64. The molecule has 0 saturated heterocycles. The quantitative estimate of drug-likeness (QED) is 0.407. The fraction of sp³-hybridized carbons (Fsp3) is 0.130. The van der Waals surface area contributed by atoms with Gasteiger partial charge in [0.05, 0.1) is 7.11 Å². The molecule has 0 fully saturated rings. The summed E-state index contributed by atoms with van der Waals surface area (Å²) < 4.78 is 7.39. The number of thioether (sulfide) groups is 1. The molecule has 0 atom stereocenters. The van der Waals surface area contributed by atoms with Crippen LogP contribution in [0.1, 0.15) is 11.1 Å². The lowest BCUT2D eigenvalue weighted by Gasteiger charge is -2.11. The van der Waals surface area contributed by atoms with E-state index in [4.69, 9.17) is 4.74 Å². The average molecular weight is 388 g/mol. The van der Waals surface area contributed by atoms with Crippen molar-refractivity contribution in [3.8, 4) is 22.8 Å². The highest BCUT2D eigenvalue weighted by Gasteiger charge is 2.16. The Morgan fingerprint density at radius 3 is 2.29 bits per heavy atom. The second-order valence-corrected chi connectivity index (χ2v) is 7.36. The van der Waals surface area contributed by atoms with Crippen LogP contribution in [0, 0.1) is 6.92 Å². The molecule has 4 nitrogen and oxygen atoms in total. The Bertz CT molecular complexity index is 1060. The Morgan fingerprint density at radius 2 is 1.57 bits per heavy atom. The molecule has 4 aromatic rings. The Hall–Kier alpha value is -3.05. The molecular weight excluding hydrogens is 366 g/mol. The predicted octanol–water partition coefficient (Wildman–Crippen LogP) is 5.54. The van der Waals surface area contributed by atoms with E-state index < -0.39 is 0 Å². The molecule has 0 spiro atoms. The SMILES string of the molecule is COc1ccc(-c2nnc(SCc3ccccc3C)n2-c2ccccc2)cc1. The molecule has 0 aliphatic carbocycles. The number of nitrogens with zero attached hydrogens (tertiary/aromatic N) is 3. The molecular formula is C23H21N3OS. The molecule has 1 aromatic heterocycles. The summed E-state index contributed by atoms with van der Waals surface area (Å²) >= 11 is 1.70. The van der Waals surface area contributed by atoms with E-state index in [-0.39, 0.29) is 0 Å². The fourth-order valence-corrected chi connectivity index (χ4v) is 4.04. The lowest BCUT2D eigenvalue weighted by Crippen LogP contribution is -2.00. The van der Waals surface area contributed by atoms with Crippen molar-refractivity contribution in [1.82, 2.24) is 14.8 Å². The maximum atomic E-state index is 5.28. The summed E-state index contributed by atoms with van der Waals surface area (Å²) in [6.07, 6.45) is 0. The zero-order valence-electron chi connectivity index (χ0n) is 15.9. The van der Waals surface area contributed by atoms with E-state index in [9.17, 15) is 0 Å². The van der Waals surface area contributed by atoms with Crippen LogP contribution in [0.4, 0.5) is 0 Å². The lowest BCUT2D eigenvalue weighted by molar-refractivity contribution is 0.415. The van der Waals surface area contributed by atoms with Gasteiger partial charge < -0.3 is 4.74 Å². The summed E-state index contributed by atoms with van der Waals surface area (Å²) in [4.78, 5) is 0. The van der Waals surface area contributed by atoms with Crippen molar-refractivity contribution in [2.75, 3.05) is 7.11 Å². The van der Waals surface area contributed by atoms with Gasteiger partial charge in [-0.25, -0.2) is 0 Å². The van der Waals surface area contributed by atoms with Crippen molar-refractivity contribution < 1.29 is 4.74 Å². The third-order valence-electron chi connectivity index (χ3n) is 4.61. The van der Waals surface area contributed by atoms with Gasteiger partial charge in [-0.3, -0.25) is 4.57 Å². The molecule has 0 saturated carbocycles. The second kappa shape index (κ2) is 8.31. The number of aromatic nitrogens is 3. The van der Waals surface area contributed by atoms with Gasteiger partial charge in [-0.15, -0.1) is 10.2 Å². The van der Waals surface area contributed by atoms with Gasteiger partial charge in [0, 0.05) is 17.0 Å². The minimum atomic E-state index is 0.820. The topological polar surface area (TPSA) is 39.9 Å². The summed E-state index contributed by atoms with van der Waals surface area (Å²) in [7, 11) is 1.67. The number of hydrogen-bond donors (Lipinski definition) is 0. The number of ether oxygens (including phenoxy) is 1. The van der Waals surface area contributed by atoms with E-state index in [0.717, 1.165) is 33.7 Å². The van der Waals surface area contributed by atoms with E-state index in [1.54, 1.807) is 18.9 Å². The summed E-state index contributed by atoms with van der Waals surface area (Å²) in [5.74, 6) is 2.49. The first-order valence-electron chi connectivity index (χ1n) is 9.09. The van der Waals surface area contributed by atoms with Crippen LogP contribution in [-0.4, -0.2) is 21.9 Å². The molecule has 0 unspecified atom stereocenters. The van der Waals surface area contributed by atoms with E-state index in [2.05, 4.69) is 58.1 Å². The van der Waals surface area contributed by atoms with Crippen molar-refractivity contribution in [2.24, 2.45) is 0 Å². The van der Waals surface area contributed by atoms with Crippen LogP contribution in [0.3, 0.4) is 0 Å². The van der Waals surface area contributed by atoms with E-state index >= 15 is 0 Å². The van der Waals surface area contributed by atoms with E-state index in [1.807, 2.05) is 42.5 Å². The highest BCUT2D eigenvalue weighted by Crippen LogP contribution is 2.30. The largest absolute Gasteiger partial charge is 0.497 e. The van der Waals surface area contributed by atoms with Crippen molar-refractivity contribution in [2.45, 2.75) is 17.8 Å². The second-order valence-electron chi connectivity index (χ2n) is 6.42. The monoisotopic (exact) mass is 387 g/mol. The zero-order valence-corrected chi connectivity index (χ0v) is 16.7. The molecule has 0 aliphatic rings. The van der Waals surface area contributed by atoms with Gasteiger partial charge in [0.15, 0.2) is 11.0 Å². The van der Waals surface area contributed by atoms with Crippen LogP contribution in [-0.2, 0) is 5.75 Å². The number of rotatable bonds is 6. The average Bonchev–Trinajstić information content (AvgIpc) is 3.18. The molecule has 1 heterocycles. The van der Waals surface area contributed by atoms with Gasteiger partial charge in [-0.1, -0.05) is 54.2 Å². The molecule has 28 heavy (non-hydrogen) atoms. The first kappa shape index (κ1) is 18.3. The van der Waals surface area contributed by atoms with Gasteiger partial charge in [-0.05, 0) is 54.4 Å². The molecule has 5 heteroatoms. The summed E-state index contributed by atoms with van der Waals surface area (Å²) in [5, 5.41) is 9.88. The maximum absolute atomic E-state index is 5.28. The fourth-order valence-electron chi connectivity index (χ4n) is 3.01. The Balaban J connectivity index is 1.72. The first-order chi connectivity index (χ1) is 13.8. The molecule has 4 rings (SSSR count). The maximum Gasteiger partial charge on any atom is 0.196 e. The number of benzene rings is 3. The van der Waals surface area contributed by atoms with Crippen molar-refractivity contribution in [3.05, 3.63) is 90.0 Å². The molecule has 0 aliphatic heterocycles. The molecule has 0 radical (unpaired) electrons. The molecule has 3 aromatic carbocycles. The van der Waals surface area contributed by atoms with Gasteiger partial charge >= 0.3 is 0 Å². The highest BCUT2D eigenvalue weighted by molar-refractivity contribution is 7.98. The Morgan fingerprint density at radius 1 is 0.857 bits per heavy atom.